The molecule has 1 rings (SSSR count). The van der Waals surface area contributed by atoms with E-state index in [-0.39, 0.29) is 0 Å². The largest absolute Gasteiger partial charge is 0.478 e. The molecule has 0 bridgehead atoms. The first kappa shape index (κ1) is 9.95. The van der Waals surface area contributed by atoms with Crippen molar-refractivity contribution in [1.29, 1.82) is 0 Å². The fraction of sp³-hybridized carbons (Fsp3) is 0. The lowest BCUT2D eigenvalue weighted by atomic mass is 10.4. The molecule has 2 nitrogen and oxygen atoms in total. The number of rotatable bonds is 2. The summed E-state index contributed by atoms with van der Waals surface area (Å²) in [6.45, 7) is 0. The molecule has 1 heterocycles. The minimum atomic E-state index is -0.935. The van der Waals surface area contributed by atoms with E-state index >= 15 is 0 Å². The van der Waals surface area contributed by atoms with Crippen LogP contribution in [-0.4, -0.2) is 11.1 Å². The van der Waals surface area contributed by atoms with E-state index in [4.69, 9.17) is 5.11 Å². The number of carbonyl (C=O) groups is 1. The summed E-state index contributed by atoms with van der Waals surface area (Å²) < 4.78 is 1.91. The highest BCUT2D eigenvalue weighted by Crippen LogP contribution is 2.32. The van der Waals surface area contributed by atoms with Gasteiger partial charge in [-0.3, -0.25) is 0 Å². The highest BCUT2D eigenvalue weighted by Gasteiger charge is 2.00. The quantitative estimate of drug-likeness (QED) is 0.850. The van der Waals surface area contributed by atoms with Crippen LogP contribution >= 0.6 is 43.2 Å². The number of carboxylic acids is 1. The van der Waals surface area contributed by atoms with E-state index in [9.17, 15) is 4.79 Å². The molecule has 0 atom stereocenters. The van der Waals surface area contributed by atoms with Crippen LogP contribution in [0.4, 0.5) is 0 Å². The van der Waals surface area contributed by atoms with Gasteiger partial charge in [0, 0.05) is 15.4 Å². The monoisotopic (exact) mass is 310 g/mol. The normalized spacial score (nSPS) is 10.8. The van der Waals surface area contributed by atoms with Crippen LogP contribution in [0.15, 0.2) is 20.4 Å². The summed E-state index contributed by atoms with van der Waals surface area (Å²) in [6.07, 6.45) is 2.67. The second-order valence-electron chi connectivity index (χ2n) is 1.94. The van der Waals surface area contributed by atoms with Gasteiger partial charge in [0.15, 0.2) is 0 Å². The first-order valence-electron chi connectivity index (χ1n) is 2.95. The number of hydrogen-bond acceptors (Lipinski definition) is 2. The molecule has 0 aromatic carbocycles. The Kier molecular flexibility index (Phi) is 3.49. The molecule has 12 heavy (non-hydrogen) atoms. The van der Waals surface area contributed by atoms with Crippen molar-refractivity contribution in [2.24, 2.45) is 0 Å². The van der Waals surface area contributed by atoms with Crippen LogP contribution in [-0.2, 0) is 4.79 Å². The van der Waals surface area contributed by atoms with Gasteiger partial charge in [-0.2, -0.15) is 0 Å². The molecule has 0 saturated carbocycles. The summed E-state index contributed by atoms with van der Waals surface area (Å²) in [5.41, 5.74) is 0. The van der Waals surface area contributed by atoms with Crippen molar-refractivity contribution in [3.05, 3.63) is 25.3 Å². The van der Waals surface area contributed by atoms with Crippen molar-refractivity contribution >= 4 is 55.2 Å². The van der Waals surface area contributed by atoms with E-state index in [1.807, 2.05) is 6.07 Å². The predicted octanol–water partition coefficient (Wildman–Crippen LogP) is 3.37. The molecule has 0 aliphatic carbocycles. The van der Waals surface area contributed by atoms with Gasteiger partial charge < -0.3 is 5.11 Å². The smallest absolute Gasteiger partial charge is 0.328 e. The first-order chi connectivity index (χ1) is 5.59. The van der Waals surface area contributed by atoms with Gasteiger partial charge in [-0.1, -0.05) is 0 Å². The molecule has 0 radical (unpaired) electrons. The van der Waals surface area contributed by atoms with Crippen molar-refractivity contribution in [3.8, 4) is 0 Å². The van der Waals surface area contributed by atoms with Crippen molar-refractivity contribution in [1.82, 2.24) is 0 Å². The van der Waals surface area contributed by atoms with Crippen LogP contribution in [0.2, 0.25) is 0 Å². The Labute approximate surface area is 90.2 Å². The highest BCUT2D eigenvalue weighted by molar-refractivity contribution is 9.13. The molecule has 0 amide bonds. The molecule has 1 N–H and O–H groups in total. The third-order valence-electron chi connectivity index (χ3n) is 1.05. The zero-order valence-corrected chi connectivity index (χ0v) is 9.74. The minimum Gasteiger partial charge on any atom is -0.478 e. The second kappa shape index (κ2) is 4.20. The summed E-state index contributed by atoms with van der Waals surface area (Å²) >= 11 is 8.09. The van der Waals surface area contributed by atoms with Crippen LogP contribution in [0.5, 0.6) is 0 Å². The molecule has 0 unspecified atom stereocenters. The Balaban J connectivity index is 2.83. The van der Waals surface area contributed by atoms with E-state index < -0.39 is 5.97 Å². The standard InChI is InChI=1S/C7H4Br2O2S/c8-5-3-4(12-7(5)9)1-2-6(10)11/h1-3H,(H,10,11). The number of hydrogen-bond donors (Lipinski definition) is 1. The lowest BCUT2D eigenvalue weighted by Gasteiger charge is -1.79. The third-order valence-corrected chi connectivity index (χ3v) is 4.28. The molecule has 0 aliphatic rings. The van der Waals surface area contributed by atoms with E-state index in [2.05, 4.69) is 31.9 Å². The van der Waals surface area contributed by atoms with Crippen molar-refractivity contribution < 1.29 is 9.90 Å². The average molecular weight is 312 g/mol. The topological polar surface area (TPSA) is 37.3 Å². The maximum absolute atomic E-state index is 10.2. The SMILES string of the molecule is O=C(O)C=Cc1cc(Br)c(Br)s1. The predicted molar refractivity (Wildman–Crippen MR) is 56.4 cm³/mol. The molecule has 64 valence electrons. The Morgan fingerprint density at radius 1 is 1.58 bits per heavy atom. The molecule has 0 fully saturated rings. The summed E-state index contributed by atoms with van der Waals surface area (Å²) in [5.74, 6) is -0.935. The number of carboxylic acid groups (broad SMARTS) is 1. The molecule has 0 aliphatic heterocycles. The lowest BCUT2D eigenvalue weighted by Crippen LogP contribution is -1.84. The van der Waals surface area contributed by atoms with Gasteiger partial charge in [0.05, 0.1) is 3.79 Å². The number of halogens is 2. The van der Waals surface area contributed by atoms with Crippen LogP contribution in [0.25, 0.3) is 6.08 Å². The summed E-state index contributed by atoms with van der Waals surface area (Å²) in [5, 5.41) is 8.35. The van der Waals surface area contributed by atoms with Gasteiger partial charge in [-0.05, 0) is 44.0 Å². The Hall–Kier alpha value is -0.130. The maximum Gasteiger partial charge on any atom is 0.328 e. The van der Waals surface area contributed by atoms with E-state index in [1.54, 1.807) is 6.08 Å². The Morgan fingerprint density at radius 2 is 2.25 bits per heavy atom. The third kappa shape index (κ3) is 2.73. The fourth-order valence-electron chi connectivity index (χ4n) is 0.599. The van der Waals surface area contributed by atoms with Crippen molar-refractivity contribution in [2.75, 3.05) is 0 Å². The highest BCUT2D eigenvalue weighted by atomic mass is 79.9. The zero-order chi connectivity index (χ0) is 9.14. The van der Waals surface area contributed by atoms with Gasteiger partial charge in [-0.15, -0.1) is 11.3 Å². The van der Waals surface area contributed by atoms with E-state index in [1.165, 1.54) is 11.3 Å². The Bertz CT molecular complexity index is 311. The van der Waals surface area contributed by atoms with Gasteiger partial charge >= 0.3 is 5.97 Å². The molecule has 0 saturated heterocycles. The van der Waals surface area contributed by atoms with Gasteiger partial charge in [-0.25, -0.2) is 4.79 Å². The second-order valence-corrected chi connectivity index (χ2v) is 5.20. The summed E-state index contributed by atoms with van der Waals surface area (Å²) in [4.78, 5) is 11.1. The molecule has 0 spiro atoms. The summed E-state index contributed by atoms with van der Waals surface area (Å²) in [6, 6.07) is 1.86. The Morgan fingerprint density at radius 3 is 2.67 bits per heavy atom. The summed E-state index contributed by atoms with van der Waals surface area (Å²) in [7, 11) is 0. The van der Waals surface area contributed by atoms with Crippen molar-refractivity contribution in [2.45, 2.75) is 0 Å². The molecular formula is C7H4Br2O2S. The molecule has 1 aromatic rings. The zero-order valence-electron chi connectivity index (χ0n) is 5.75. The van der Waals surface area contributed by atoms with Crippen LogP contribution in [0.3, 0.4) is 0 Å². The molecular weight excluding hydrogens is 308 g/mol. The van der Waals surface area contributed by atoms with Crippen LogP contribution < -0.4 is 0 Å². The fourth-order valence-corrected chi connectivity index (χ4v) is 2.59. The molecule has 5 heteroatoms. The van der Waals surface area contributed by atoms with Crippen molar-refractivity contribution in [3.63, 3.8) is 0 Å². The number of thiophene rings is 1. The average Bonchev–Trinajstić information content (AvgIpc) is 2.28. The lowest BCUT2D eigenvalue weighted by molar-refractivity contribution is -0.131. The van der Waals surface area contributed by atoms with Crippen LogP contribution in [0.1, 0.15) is 4.88 Å². The van der Waals surface area contributed by atoms with E-state index in [0.717, 1.165) is 19.2 Å². The van der Waals surface area contributed by atoms with Crippen LogP contribution in [0, 0.1) is 0 Å². The molecule has 1 aromatic heterocycles. The van der Waals surface area contributed by atoms with E-state index in [0.29, 0.717) is 0 Å². The van der Waals surface area contributed by atoms with Gasteiger partial charge in [0.2, 0.25) is 0 Å². The van der Waals surface area contributed by atoms with Gasteiger partial charge in [0.25, 0.3) is 0 Å². The maximum atomic E-state index is 10.2. The number of aliphatic carboxylic acids is 1. The van der Waals surface area contributed by atoms with Gasteiger partial charge in [0.1, 0.15) is 0 Å². The first-order valence-corrected chi connectivity index (χ1v) is 5.35. The minimum absolute atomic E-state index is 0.899.